The molecule has 0 atom stereocenters. The van der Waals surface area contributed by atoms with Crippen molar-refractivity contribution in [2.45, 2.75) is 19.3 Å². The Balaban J connectivity index is 1.43. The van der Waals surface area contributed by atoms with Gasteiger partial charge in [-0.1, -0.05) is 18.2 Å². The first kappa shape index (κ1) is 17.3. The van der Waals surface area contributed by atoms with Crippen molar-refractivity contribution in [3.8, 4) is 0 Å². The Labute approximate surface area is 158 Å². The van der Waals surface area contributed by atoms with E-state index in [2.05, 4.69) is 10.3 Å². The molecule has 0 aliphatic heterocycles. The number of anilines is 1. The molecule has 0 saturated heterocycles. The van der Waals surface area contributed by atoms with E-state index in [0.29, 0.717) is 16.1 Å². The molecule has 7 nitrogen and oxygen atoms in total. The number of ether oxygens (including phenoxy) is 1. The largest absolute Gasteiger partial charge is 0.452 e. The van der Waals surface area contributed by atoms with Gasteiger partial charge in [-0.3, -0.25) is 9.59 Å². The van der Waals surface area contributed by atoms with Crippen molar-refractivity contribution in [3.63, 3.8) is 0 Å². The van der Waals surface area contributed by atoms with Crippen molar-refractivity contribution >= 4 is 45.0 Å². The zero-order chi connectivity index (χ0) is 19.0. The molecule has 2 amide bonds. The molecule has 2 heterocycles. The summed E-state index contributed by atoms with van der Waals surface area (Å²) >= 11 is 1.36. The molecule has 0 saturated carbocycles. The average Bonchev–Trinajstić information content (AvgIpc) is 3.33. The Morgan fingerprint density at radius 3 is 2.85 bits per heavy atom. The highest BCUT2D eigenvalue weighted by atomic mass is 32.1. The second-order valence-electron chi connectivity index (χ2n) is 6.30. The second kappa shape index (κ2) is 6.88. The molecule has 8 heteroatoms. The van der Waals surface area contributed by atoms with Crippen molar-refractivity contribution in [2.24, 2.45) is 5.73 Å². The zero-order valence-corrected chi connectivity index (χ0v) is 15.2. The first-order chi connectivity index (χ1) is 13.0. The van der Waals surface area contributed by atoms with Crippen LogP contribution < -0.4 is 11.1 Å². The Kier molecular flexibility index (Phi) is 4.41. The average molecular weight is 383 g/mol. The van der Waals surface area contributed by atoms with E-state index in [1.807, 2.05) is 18.2 Å². The first-order valence-electron chi connectivity index (χ1n) is 8.52. The van der Waals surface area contributed by atoms with Gasteiger partial charge >= 0.3 is 5.97 Å². The number of hydrogen-bond donors (Lipinski definition) is 3. The van der Waals surface area contributed by atoms with E-state index in [0.717, 1.165) is 40.6 Å². The fourth-order valence-corrected chi connectivity index (χ4v) is 4.68. The van der Waals surface area contributed by atoms with E-state index in [1.54, 1.807) is 12.3 Å². The minimum atomic E-state index is -0.591. The second-order valence-corrected chi connectivity index (χ2v) is 7.40. The van der Waals surface area contributed by atoms with E-state index in [9.17, 15) is 14.4 Å². The molecule has 1 aliphatic rings. The molecule has 0 radical (unpaired) electrons. The van der Waals surface area contributed by atoms with Crippen molar-refractivity contribution in [3.05, 3.63) is 52.0 Å². The van der Waals surface area contributed by atoms with Crippen LogP contribution >= 0.6 is 11.3 Å². The topological polar surface area (TPSA) is 114 Å². The summed E-state index contributed by atoms with van der Waals surface area (Å²) in [4.78, 5) is 40.3. The van der Waals surface area contributed by atoms with Crippen LogP contribution in [0.5, 0.6) is 0 Å². The first-order valence-corrected chi connectivity index (χ1v) is 9.33. The van der Waals surface area contributed by atoms with E-state index < -0.39 is 24.4 Å². The van der Waals surface area contributed by atoms with Crippen LogP contribution in [0.3, 0.4) is 0 Å². The molecule has 1 aromatic carbocycles. The van der Waals surface area contributed by atoms with Crippen molar-refractivity contribution in [1.82, 2.24) is 4.98 Å². The van der Waals surface area contributed by atoms with Crippen LogP contribution in [0.4, 0.5) is 5.00 Å². The van der Waals surface area contributed by atoms with Gasteiger partial charge in [0.25, 0.3) is 11.8 Å². The lowest BCUT2D eigenvalue weighted by atomic mass is 10.1. The van der Waals surface area contributed by atoms with Gasteiger partial charge in [-0.25, -0.2) is 4.79 Å². The fourth-order valence-electron chi connectivity index (χ4n) is 3.36. The number of nitrogens with two attached hydrogens (primary N) is 1. The van der Waals surface area contributed by atoms with Gasteiger partial charge < -0.3 is 20.8 Å². The fraction of sp³-hybridized carbons (Fsp3) is 0.211. The molecule has 2 aromatic heterocycles. The van der Waals surface area contributed by atoms with Gasteiger partial charge in [0.15, 0.2) is 6.61 Å². The van der Waals surface area contributed by atoms with Crippen molar-refractivity contribution < 1.29 is 19.1 Å². The summed E-state index contributed by atoms with van der Waals surface area (Å²) in [7, 11) is 0. The molecule has 0 bridgehead atoms. The third-order valence-electron chi connectivity index (χ3n) is 4.56. The number of amides is 2. The number of rotatable bonds is 5. The number of hydrogen-bond acceptors (Lipinski definition) is 5. The lowest BCUT2D eigenvalue weighted by molar-refractivity contribution is -0.119. The van der Waals surface area contributed by atoms with Crippen molar-refractivity contribution in [2.75, 3.05) is 11.9 Å². The Hall–Kier alpha value is -3.13. The quantitative estimate of drug-likeness (QED) is 0.588. The number of aromatic nitrogens is 1. The number of carbonyl (C=O) groups is 3. The summed E-state index contributed by atoms with van der Waals surface area (Å²) in [5.41, 5.74) is 7.96. The predicted octanol–water partition coefficient (Wildman–Crippen LogP) is 2.61. The van der Waals surface area contributed by atoms with Crippen LogP contribution in [0.25, 0.3) is 10.9 Å². The summed E-state index contributed by atoms with van der Waals surface area (Å²) in [6.07, 6.45) is 4.21. The van der Waals surface area contributed by atoms with Gasteiger partial charge in [0.2, 0.25) is 0 Å². The van der Waals surface area contributed by atoms with Crippen molar-refractivity contribution in [1.29, 1.82) is 0 Å². The minimum Gasteiger partial charge on any atom is -0.452 e. The molecule has 27 heavy (non-hydrogen) atoms. The van der Waals surface area contributed by atoms with Crippen LogP contribution in [0.15, 0.2) is 30.5 Å². The van der Waals surface area contributed by atoms with Crippen LogP contribution in [-0.4, -0.2) is 29.4 Å². The summed E-state index contributed by atoms with van der Waals surface area (Å²) in [5, 5.41) is 3.81. The van der Waals surface area contributed by atoms with Crippen LogP contribution in [0.2, 0.25) is 0 Å². The molecule has 4 N–H and O–H groups in total. The predicted molar refractivity (Wildman–Crippen MR) is 102 cm³/mol. The van der Waals surface area contributed by atoms with E-state index in [-0.39, 0.29) is 0 Å². The van der Waals surface area contributed by atoms with Gasteiger partial charge in [-0.05, 0) is 30.9 Å². The number of thiophene rings is 1. The van der Waals surface area contributed by atoms with Gasteiger partial charge in [-0.2, -0.15) is 0 Å². The zero-order valence-electron chi connectivity index (χ0n) is 14.3. The highest BCUT2D eigenvalue weighted by Crippen LogP contribution is 2.38. The number of aromatic amines is 1. The minimum absolute atomic E-state index is 0.367. The van der Waals surface area contributed by atoms with Gasteiger partial charge in [-0.15, -0.1) is 11.3 Å². The van der Waals surface area contributed by atoms with E-state index in [4.69, 9.17) is 10.5 Å². The van der Waals surface area contributed by atoms with Crippen LogP contribution in [0.1, 0.15) is 37.6 Å². The normalized spacial score (nSPS) is 12.7. The molecule has 0 fully saturated rings. The number of para-hydroxylation sites is 1. The van der Waals surface area contributed by atoms with Gasteiger partial charge in [0.05, 0.1) is 11.1 Å². The molecule has 0 unspecified atom stereocenters. The number of esters is 1. The Morgan fingerprint density at radius 2 is 2.04 bits per heavy atom. The molecular formula is C19H17N3O4S. The summed E-state index contributed by atoms with van der Waals surface area (Å²) in [5.74, 6) is -1.66. The molecule has 3 aromatic rings. The smallest absolute Gasteiger partial charge is 0.340 e. The molecule has 0 spiro atoms. The molecule has 1 aliphatic carbocycles. The van der Waals surface area contributed by atoms with Crippen LogP contribution in [0, 0.1) is 0 Å². The molecule has 138 valence electrons. The monoisotopic (exact) mass is 383 g/mol. The maximum Gasteiger partial charge on any atom is 0.340 e. The molecule has 4 rings (SSSR count). The Bertz CT molecular complexity index is 1070. The third-order valence-corrected chi connectivity index (χ3v) is 5.77. The summed E-state index contributed by atoms with van der Waals surface area (Å²) < 4.78 is 5.12. The Morgan fingerprint density at radius 1 is 1.22 bits per heavy atom. The summed E-state index contributed by atoms with van der Waals surface area (Å²) in [6.45, 7) is -0.445. The lowest BCUT2D eigenvalue weighted by Gasteiger charge is -2.07. The number of fused-ring (bicyclic) bond motifs is 2. The van der Waals surface area contributed by atoms with Gasteiger partial charge in [0, 0.05) is 22.0 Å². The number of primary amides is 1. The standard InChI is InChI=1S/C19H17N3O4S/c20-17(24)16-11-5-3-7-14(11)27-18(16)22-15(23)9-26-19(25)12-8-21-13-6-2-1-4-10(12)13/h1-2,4,6,8,21H,3,5,7,9H2,(H2,20,24)(H,22,23). The van der Waals surface area contributed by atoms with E-state index >= 15 is 0 Å². The van der Waals surface area contributed by atoms with Crippen LogP contribution in [-0.2, 0) is 22.4 Å². The lowest BCUT2D eigenvalue weighted by Crippen LogP contribution is -2.22. The molecular weight excluding hydrogens is 366 g/mol. The number of benzene rings is 1. The maximum absolute atomic E-state index is 12.3. The SMILES string of the molecule is NC(=O)c1c(NC(=O)COC(=O)c2c[nH]c3ccccc23)sc2c1CCC2. The number of nitrogens with one attached hydrogen (secondary N) is 2. The highest BCUT2D eigenvalue weighted by Gasteiger charge is 2.26. The van der Waals surface area contributed by atoms with Gasteiger partial charge in [0.1, 0.15) is 5.00 Å². The number of aryl methyl sites for hydroxylation is 1. The summed E-state index contributed by atoms with van der Waals surface area (Å²) in [6, 6.07) is 7.33. The number of carbonyl (C=O) groups excluding carboxylic acids is 3. The highest BCUT2D eigenvalue weighted by molar-refractivity contribution is 7.17. The van der Waals surface area contributed by atoms with E-state index in [1.165, 1.54) is 11.3 Å². The number of H-pyrrole nitrogens is 1. The maximum atomic E-state index is 12.3. The third kappa shape index (κ3) is 3.19.